The first-order chi connectivity index (χ1) is 15.2. The number of allylic oxidation sites excluding steroid dienone is 1. The molecule has 3 rings (SSSR count). The van der Waals surface area contributed by atoms with E-state index < -0.39 is 11.5 Å². The third kappa shape index (κ3) is 5.50. The highest BCUT2D eigenvalue weighted by Gasteiger charge is 2.25. The van der Waals surface area contributed by atoms with Crippen LogP contribution in [0.3, 0.4) is 0 Å². The van der Waals surface area contributed by atoms with Gasteiger partial charge in [-0.25, -0.2) is 13.8 Å². The minimum absolute atomic E-state index is 0.0343. The zero-order valence-electron chi connectivity index (χ0n) is 19.2. The lowest BCUT2D eigenvalue weighted by atomic mass is 9.95. The molecule has 1 aromatic heterocycles. The van der Waals surface area contributed by atoms with Crippen LogP contribution in [0, 0.1) is 12.7 Å². The van der Waals surface area contributed by atoms with Gasteiger partial charge in [-0.2, -0.15) is 0 Å². The number of para-hydroxylation sites is 1. The van der Waals surface area contributed by atoms with E-state index in [1.807, 2.05) is 49.4 Å². The molecule has 0 aliphatic carbocycles. The molecule has 0 amide bonds. The largest absolute Gasteiger partial charge is 0.359 e. The second kappa shape index (κ2) is 9.90. The maximum absolute atomic E-state index is 15.0. The summed E-state index contributed by atoms with van der Waals surface area (Å²) in [5.41, 5.74) is 3.95. The van der Waals surface area contributed by atoms with Crippen LogP contribution in [0.25, 0.3) is 17.3 Å². The number of hydrogen-bond acceptors (Lipinski definition) is 2. The molecule has 32 heavy (non-hydrogen) atoms. The van der Waals surface area contributed by atoms with Gasteiger partial charge in [-0.05, 0) is 62.6 Å². The van der Waals surface area contributed by atoms with Crippen molar-refractivity contribution in [2.45, 2.75) is 46.2 Å². The van der Waals surface area contributed by atoms with E-state index >= 15 is 4.39 Å². The van der Waals surface area contributed by atoms with Crippen molar-refractivity contribution in [1.29, 1.82) is 0 Å². The molecule has 0 radical (unpaired) electrons. The van der Waals surface area contributed by atoms with Crippen molar-refractivity contribution >= 4 is 11.8 Å². The maximum Gasteiger partial charge on any atom is 0.138 e. The molecule has 0 fully saturated rings. The Morgan fingerprint density at radius 1 is 1.09 bits per heavy atom. The Balaban J connectivity index is 1.83. The lowest BCUT2D eigenvalue weighted by Gasteiger charge is -2.17. The van der Waals surface area contributed by atoms with Crippen LogP contribution in [0.15, 0.2) is 72.9 Å². The van der Waals surface area contributed by atoms with Crippen molar-refractivity contribution in [3.63, 3.8) is 0 Å². The van der Waals surface area contributed by atoms with Gasteiger partial charge in [0.05, 0.1) is 11.4 Å². The Labute approximate surface area is 189 Å². The van der Waals surface area contributed by atoms with Gasteiger partial charge in [-0.15, -0.1) is 0 Å². The molecule has 0 spiro atoms. The number of benzene rings is 2. The normalized spacial score (nSPS) is 11.7. The number of nitrogens with one attached hydrogen (secondary N) is 1. The summed E-state index contributed by atoms with van der Waals surface area (Å²) in [6, 6.07) is 16.6. The average Bonchev–Trinajstić information content (AvgIpc) is 2.74. The zero-order chi connectivity index (χ0) is 23.3. The van der Waals surface area contributed by atoms with Crippen LogP contribution in [0.4, 0.5) is 14.5 Å². The Kier molecular flexibility index (Phi) is 7.24. The molecule has 0 saturated heterocycles. The zero-order valence-corrected chi connectivity index (χ0v) is 19.2. The monoisotopic (exact) mass is 432 g/mol. The summed E-state index contributed by atoms with van der Waals surface area (Å²) in [7, 11) is 0. The van der Waals surface area contributed by atoms with Crippen LogP contribution in [0.1, 0.15) is 49.6 Å². The lowest BCUT2D eigenvalue weighted by Crippen LogP contribution is -2.12. The number of halogens is 2. The molecule has 1 heterocycles. The molecule has 0 unspecified atom stereocenters. The van der Waals surface area contributed by atoms with Crippen LogP contribution in [0.2, 0.25) is 0 Å². The number of pyridine rings is 1. The fourth-order valence-electron chi connectivity index (χ4n) is 3.55. The van der Waals surface area contributed by atoms with Gasteiger partial charge in [-0.1, -0.05) is 56.0 Å². The fraction of sp³-hybridized carbons (Fsp3) is 0.250. The highest BCUT2D eigenvalue weighted by molar-refractivity contribution is 5.65. The van der Waals surface area contributed by atoms with Gasteiger partial charge in [-0.3, -0.25) is 0 Å². The fourth-order valence-corrected chi connectivity index (χ4v) is 3.55. The van der Waals surface area contributed by atoms with E-state index in [1.165, 1.54) is 19.9 Å². The third-order valence-electron chi connectivity index (χ3n) is 5.40. The SMILES string of the molecule is C=C(C/C=C\c1nc(-c2cccc(C(C)(C)F)c2F)ccc1CC)Nc1ccccc1C. The van der Waals surface area contributed by atoms with Gasteiger partial charge in [0.25, 0.3) is 0 Å². The minimum atomic E-state index is -1.77. The number of alkyl halides is 1. The minimum Gasteiger partial charge on any atom is -0.359 e. The third-order valence-corrected chi connectivity index (χ3v) is 5.40. The number of anilines is 1. The first kappa shape index (κ1) is 23.4. The first-order valence-corrected chi connectivity index (χ1v) is 10.9. The molecule has 0 bridgehead atoms. The Bertz CT molecular complexity index is 1140. The molecule has 2 nitrogen and oxygen atoms in total. The quantitative estimate of drug-likeness (QED) is 0.390. The van der Waals surface area contributed by atoms with E-state index in [0.717, 1.165) is 34.6 Å². The van der Waals surface area contributed by atoms with Crippen molar-refractivity contribution in [2.24, 2.45) is 0 Å². The topological polar surface area (TPSA) is 24.9 Å². The van der Waals surface area contributed by atoms with E-state index in [1.54, 1.807) is 18.2 Å². The van der Waals surface area contributed by atoms with Crippen molar-refractivity contribution in [3.8, 4) is 11.3 Å². The van der Waals surface area contributed by atoms with E-state index in [2.05, 4.69) is 18.8 Å². The molecular formula is C28H30F2N2. The standard InChI is InChI=1S/C28H30F2N2/c1-6-21-17-18-26(22-13-10-14-23(27(22)29)28(4,5)30)32-25(21)16-9-12-20(3)31-24-15-8-7-11-19(24)2/h7-11,13-18,31H,3,6,12H2,1-2,4-5H3/b16-9-. The van der Waals surface area contributed by atoms with Crippen molar-refractivity contribution < 1.29 is 8.78 Å². The molecule has 1 N–H and O–H groups in total. The Morgan fingerprint density at radius 3 is 2.53 bits per heavy atom. The van der Waals surface area contributed by atoms with Gasteiger partial charge in [0, 0.05) is 28.9 Å². The Hall–Kier alpha value is -3.27. The summed E-state index contributed by atoms with van der Waals surface area (Å²) >= 11 is 0. The van der Waals surface area contributed by atoms with E-state index in [9.17, 15) is 4.39 Å². The number of aryl methyl sites for hydroxylation is 2. The van der Waals surface area contributed by atoms with Crippen LogP contribution in [-0.2, 0) is 12.1 Å². The summed E-state index contributed by atoms with van der Waals surface area (Å²) in [5, 5.41) is 3.34. The highest BCUT2D eigenvalue weighted by Crippen LogP contribution is 2.32. The van der Waals surface area contributed by atoms with Crippen LogP contribution in [-0.4, -0.2) is 4.98 Å². The molecule has 2 aromatic carbocycles. The number of rotatable bonds is 8. The molecule has 0 aliphatic heterocycles. The van der Waals surface area contributed by atoms with Crippen LogP contribution >= 0.6 is 0 Å². The molecule has 0 saturated carbocycles. The second-order valence-corrected chi connectivity index (χ2v) is 8.38. The van der Waals surface area contributed by atoms with Gasteiger partial charge in [0.15, 0.2) is 0 Å². The van der Waals surface area contributed by atoms with Gasteiger partial charge >= 0.3 is 0 Å². The van der Waals surface area contributed by atoms with Gasteiger partial charge in [0.2, 0.25) is 0 Å². The molecule has 0 atom stereocenters. The van der Waals surface area contributed by atoms with Crippen molar-refractivity contribution in [3.05, 3.63) is 101 Å². The summed E-state index contributed by atoms with van der Waals surface area (Å²) in [4.78, 5) is 4.69. The molecular weight excluding hydrogens is 402 g/mol. The maximum atomic E-state index is 15.0. The van der Waals surface area contributed by atoms with E-state index in [-0.39, 0.29) is 5.56 Å². The summed E-state index contributed by atoms with van der Waals surface area (Å²) in [6.07, 6.45) is 5.36. The predicted molar refractivity (Wildman–Crippen MR) is 131 cm³/mol. The summed E-state index contributed by atoms with van der Waals surface area (Å²) in [5.74, 6) is -0.567. The van der Waals surface area contributed by atoms with E-state index in [4.69, 9.17) is 4.98 Å². The van der Waals surface area contributed by atoms with Crippen molar-refractivity contribution in [2.75, 3.05) is 5.32 Å². The lowest BCUT2D eigenvalue weighted by molar-refractivity contribution is 0.214. The van der Waals surface area contributed by atoms with Gasteiger partial charge in [0.1, 0.15) is 11.5 Å². The second-order valence-electron chi connectivity index (χ2n) is 8.38. The number of nitrogens with zero attached hydrogens (tertiary/aromatic N) is 1. The number of aromatic nitrogens is 1. The van der Waals surface area contributed by atoms with Crippen LogP contribution < -0.4 is 5.32 Å². The number of hydrogen-bond donors (Lipinski definition) is 1. The van der Waals surface area contributed by atoms with Crippen molar-refractivity contribution in [1.82, 2.24) is 4.98 Å². The summed E-state index contributed by atoms with van der Waals surface area (Å²) in [6.45, 7) is 10.9. The van der Waals surface area contributed by atoms with E-state index in [0.29, 0.717) is 17.7 Å². The molecule has 3 aromatic rings. The average molecular weight is 433 g/mol. The van der Waals surface area contributed by atoms with Gasteiger partial charge < -0.3 is 5.32 Å². The highest BCUT2D eigenvalue weighted by atomic mass is 19.1. The Morgan fingerprint density at radius 2 is 1.84 bits per heavy atom. The summed E-state index contributed by atoms with van der Waals surface area (Å²) < 4.78 is 29.5. The predicted octanol–water partition coefficient (Wildman–Crippen LogP) is 7.99. The molecule has 0 aliphatic rings. The first-order valence-electron chi connectivity index (χ1n) is 10.9. The van der Waals surface area contributed by atoms with Crippen LogP contribution in [0.5, 0.6) is 0 Å². The molecule has 166 valence electrons. The smallest absolute Gasteiger partial charge is 0.138 e. The molecule has 4 heteroatoms.